The number of carbonyl (C=O) groups is 2. The smallest absolute Gasteiger partial charge is 0.233 e. The quantitative estimate of drug-likeness (QED) is 0.806. The zero-order valence-electron chi connectivity index (χ0n) is 16.1. The number of amides is 2. The summed E-state index contributed by atoms with van der Waals surface area (Å²) in [6, 6.07) is 4.31. The summed E-state index contributed by atoms with van der Waals surface area (Å²) in [5.74, 6) is 0.968. The number of nitrogens with one attached hydrogen (secondary N) is 1. The zero-order valence-corrected chi connectivity index (χ0v) is 16.9. The molecule has 2 fully saturated rings. The van der Waals surface area contributed by atoms with Gasteiger partial charge in [0.1, 0.15) is 0 Å². The number of pyridine rings is 1. The SMILES string of the molecule is CN(C(=O)CSCC(=O)N1CCNCC1c1cccnc1)C1CCCCC1. The minimum Gasteiger partial charge on any atom is -0.342 e. The molecule has 1 saturated carbocycles. The van der Waals surface area contributed by atoms with Gasteiger partial charge >= 0.3 is 0 Å². The minimum atomic E-state index is 0.0150. The van der Waals surface area contributed by atoms with E-state index in [2.05, 4.69) is 10.3 Å². The Kier molecular flexibility index (Phi) is 7.52. The zero-order chi connectivity index (χ0) is 19.1. The molecule has 0 spiro atoms. The van der Waals surface area contributed by atoms with Crippen LogP contribution in [0.1, 0.15) is 43.7 Å². The molecule has 7 heteroatoms. The molecule has 6 nitrogen and oxygen atoms in total. The molecule has 1 aliphatic carbocycles. The average molecular weight is 391 g/mol. The molecule has 3 rings (SSSR count). The Hall–Kier alpha value is -1.60. The third-order valence-electron chi connectivity index (χ3n) is 5.60. The lowest BCUT2D eigenvalue weighted by atomic mass is 9.94. The summed E-state index contributed by atoms with van der Waals surface area (Å²) in [7, 11) is 1.91. The number of carbonyl (C=O) groups excluding carboxylic acids is 2. The monoisotopic (exact) mass is 390 g/mol. The highest BCUT2D eigenvalue weighted by atomic mass is 32.2. The third kappa shape index (κ3) is 5.45. The lowest BCUT2D eigenvalue weighted by Crippen LogP contribution is -2.49. The van der Waals surface area contributed by atoms with Crippen molar-refractivity contribution in [1.29, 1.82) is 0 Å². The molecule has 1 aromatic rings. The Bertz CT molecular complexity index is 622. The van der Waals surface area contributed by atoms with E-state index in [0.717, 1.165) is 31.5 Å². The summed E-state index contributed by atoms with van der Waals surface area (Å²) in [4.78, 5) is 33.2. The summed E-state index contributed by atoms with van der Waals surface area (Å²) in [6.07, 6.45) is 9.51. The second-order valence-electron chi connectivity index (χ2n) is 7.38. The standard InChI is InChI=1S/C20H30N4O2S/c1-23(17-7-3-2-4-8-17)19(25)14-27-15-20(26)24-11-10-22-13-18(24)16-6-5-9-21-12-16/h5-6,9,12,17-18,22H,2-4,7-8,10-11,13-15H2,1H3. The Balaban J connectivity index is 1.48. The fourth-order valence-corrected chi connectivity index (χ4v) is 4.78. The Labute approximate surface area is 166 Å². The van der Waals surface area contributed by atoms with Crippen molar-refractivity contribution in [3.05, 3.63) is 30.1 Å². The first-order chi connectivity index (χ1) is 13.2. The number of nitrogens with zero attached hydrogens (tertiary/aromatic N) is 3. The van der Waals surface area contributed by atoms with Crippen LogP contribution in [0, 0.1) is 0 Å². The van der Waals surface area contributed by atoms with Crippen LogP contribution in [0.2, 0.25) is 0 Å². The fourth-order valence-electron chi connectivity index (χ4n) is 3.96. The van der Waals surface area contributed by atoms with E-state index in [0.29, 0.717) is 24.1 Å². The Morgan fingerprint density at radius 2 is 2.11 bits per heavy atom. The van der Waals surface area contributed by atoms with Gasteiger partial charge in [0, 0.05) is 45.1 Å². The largest absolute Gasteiger partial charge is 0.342 e. The summed E-state index contributed by atoms with van der Waals surface area (Å²) in [5.41, 5.74) is 1.05. The van der Waals surface area contributed by atoms with Gasteiger partial charge in [0.05, 0.1) is 17.5 Å². The Morgan fingerprint density at radius 1 is 1.30 bits per heavy atom. The van der Waals surface area contributed by atoms with Crippen molar-refractivity contribution in [3.63, 3.8) is 0 Å². The first-order valence-electron chi connectivity index (χ1n) is 9.90. The topological polar surface area (TPSA) is 65.5 Å². The van der Waals surface area contributed by atoms with Crippen molar-refractivity contribution in [2.75, 3.05) is 38.2 Å². The van der Waals surface area contributed by atoms with E-state index in [1.54, 1.807) is 6.20 Å². The molecule has 0 bridgehead atoms. The maximum atomic E-state index is 12.8. The molecule has 1 N–H and O–H groups in total. The lowest BCUT2D eigenvalue weighted by molar-refractivity contribution is -0.131. The maximum absolute atomic E-state index is 12.8. The molecule has 0 radical (unpaired) electrons. The van der Waals surface area contributed by atoms with E-state index in [4.69, 9.17) is 0 Å². The van der Waals surface area contributed by atoms with Crippen molar-refractivity contribution >= 4 is 23.6 Å². The van der Waals surface area contributed by atoms with Gasteiger partial charge in [-0.25, -0.2) is 0 Å². The molecular weight excluding hydrogens is 360 g/mol. The van der Waals surface area contributed by atoms with Gasteiger partial charge in [0.2, 0.25) is 11.8 Å². The van der Waals surface area contributed by atoms with Crippen LogP contribution in [-0.2, 0) is 9.59 Å². The van der Waals surface area contributed by atoms with Crippen LogP contribution < -0.4 is 5.32 Å². The van der Waals surface area contributed by atoms with Crippen molar-refractivity contribution in [2.24, 2.45) is 0 Å². The minimum absolute atomic E-state index is 0.0150. The van der Waals surface area contributed by atoms with Gasteiger partial charge in [-0.3, -0.25) is 14.6 Å². The van der Waals surface area contributed by atoms with Crippen molar-refractivity contribution in [1.82, 2.24) is 20.1 Å². The highest BCUT2D eigenvalue weighted by Gasteiger charge is 2.28. The fraction of sp³-hybridized carbons (Fsp3) is 0.650. The molecule has 1 saturated heterocycles. The number of thioether (sulfide) groups is 1. The average Bonchev–Trinajstić information content (AvgIpc) is 2.74. The molecule has 1 aliphatic heterocycles. The number of piperazine rings is 1. The highest BCUT2D eigenvalue weighted by molar-refractivity contribution is 8.00. The van der Waals surface area contributed by atoms with Gasteiger partial charge in [-0.2, -0.15) is 0 Å². The van der Waals surface area contributed by atoms with E-state index in [9.17, 15) is 9.59 Å². The highest BCUT2D eigenvalue weighted by Crippen LogP contribution is 2.24. The van der Waals surface area contributed by atoms with Gasteiger partial charge in [-0.1, -0.05) is 25.3 Å². The summed E-state index contributed by atoms with van der Waals surface area (Å²) >= 11 is 1.43. The van der Waals surface area contributed by atoms with Gasteiger partial charge in [0.15, 0.2) is 0 Å². The van der Waals surface area contributed by atoms with Crippen molar-refractivity contribution < 1.29 is 9.59 Å². The molecule has 1 unspecified atom stereocenters. The van der Waals surface area contributed by atoms with E-state index < -0.39 is 0 Å². The molecule has 27 heavy (non-hydrogen) atoms. The predicted octanol–water partition coefficient (Wildman–Crippen LogP) is 2.08. The van der Waals surface area contributed by atoms with Crippen LogP contribution >= 0.6 is 11.8 Å². The molecular formula is C20H30N4O2S. The van der Waals surface area contributed by atoms with Crippen LogP contribution in [0.25, 0.3) is 0 Å². The normalized spacial score (nSPS) is 21.1. The molecule has 2 aliphatic rings. The summed E-state index contributed by atoms with van der Waals surface area (Å²) < 4.78 is 0. The van der Waals surface area contributed by atoms with Crippen molar-refractivity contribution in [3.8, 4) is 0 Å². The van der Waals surface area contributed by atoms with Gasteiger partial charge in [-0.05, 0) is 24.5 Å². The van der Waals surface area contributed by atoms with Gasteiger partial charge in [0.25, 0.3) is 0 Å². The molecule has 0 aromatic carbocycles. The molecule has 2 heterocycles. The molecule has 1 aromatic heterocycles. The second kappa shape index (κ2) is 10.1. The number of rotatable bonds is 6. The van der Waals surface area contributed by atoms with Crippen LogP contribution in [0.5, 0.6) is 0 Å². The first-order valence-corrected chi connectivity index (χ1v) is 11.1. The van der Waals surface area contributed by atoms with E-state index in [1.807, 2.05) is 35.2 Å². The van der Waals surface area contributed by atoms with Crippen LogP contribution in [0.3, 0.4) is 0 Å². The maximum Gasteiger partial charge on any atom is 0.233 e. The third-order valence-corrected chi connectivity index (χ3v) is 6.50. The van der Waals surface area contributed by atoms with Gasteiger partial charge in [-0.15, -0.1) is 11.8 Å². The summed E-state index contributed by atoms with van der Waals surface area (Å²) in [5, 5.41) is 3.35. The Morgan fingerprint density at radius 3 is 2.85 bits per heavy atom. The molecule has 2 amide bonds. The molecule has 1 atom stereocenters. The summed E-state index contributed by atoms with van der Waals surface area (Å²) in [6.45, 7) is 2.23. The number of hydrogen-bond donors (Lipinski definition) is 1. The number of hydrogen-bond acceptors (Lipinski definition) is 5. The van der Waals surface area contributed by atoms with E-state index >= 15 is 0 Å². The second-order valence-corrected chi connectivity index (χ2v) is 8.37. The first kappa shape index (κ1) is 20.1. The van der Waals surface area contributed by atoms with Crippen LogP contribution in [-0.4, -0.2) is 70.8 Å². The van der Waals surface area contributed by atoms with E-state index in [1.165, 1.54) is 31.0 Å². The van der Waals surface area contributed by atoms with Crippen LogP contribution in [0.4, 0.5) is 0 Å². The lowest BCUT2D eigenvalue weighted by Gasteiger charge is -2.36. The number of aromatic nitrogens is 1. The molecule has 148 valence electrons. The van der Waals surface area contributed by atoms with Gasteiger partial charge < -0.3 is 15.1 Å². The van der Waals surface area contributed by atoms with E-state index in [-0.39, 0.29) is 17.9 Å². The predicted molar refractivity (Wildman–Crippen MR) is 109 cm³/mol. The van der Waals surface area contributed by atoms with Crippen LogP contribution in [0.15, 0.2) is 24.5 Å². The van der Waals surface area contributed by atoms with Crippen molar-refractivity contribution in [2.45, 2.75) is 44.2 Å².